The van der Waals surface area contributed by atoms with Gasteiger partial charge in [-0.05, 0) is 47.5 Å². The summed E-state index contributed by atoms with van der Waals surface area (Å²) < 4.78 is 17.7. The Balaban J connectivity index is 1.66. The normalized spacial score (nSPS) is 12.1. The standard InChI is InChI=1S/C22H23N3O4/c1-27-20-10-5-16(13-21(20)28-2)14-23-15-19(26)22(29-3)17-6-8-18(9-7-17)25-12-4-11-24-25/h4-14,22H,15H2,1-3H3. The number of ketones is 1. The van der Waals surface area contributed by atoms with Gasteiger partial charge in [0.1, 0.15) is 12.6 Å². The fourth-order valence-electron chi connectivity index (χ4n) is 2.93. The van der Waals surface area contributed by atoms with Crippen molar-refractivity contribution in [1.29, 1.82) is 0 Å². The molecule has 3 aromatic rings. The number of carbonyl (C=O) groups is 1. The molecule has 1 aromatic heterocycles. The molecule has 0 N–H and O–H groups in total. The second-order valence-electron chi connectivity index (χ2n) is 6.21. The van der Waals surface area contributed by atoms with Crippen LogP contribution in [0.25, 0.3) is 5.69 Å². The zero-order chi connectivity index (χ0) is 20.6. The van der Waals surface area contributed by atoms with Crippen LogP contribution in [0.5, 0.6) is 11.5 Å². The fourth-order valence-corrected chi connectivity index (χ4v) is 2.93. The minimum Gasteiger partial charge on any atom is -0.493 e. The van der Waals surface area contributed by atoms with Gasteiger partial charge >= 0.3 is 0 Å². The summed E-state index contributed by atoms with van der Waals surface area (Å²) in [6.07, 6.45) is 4.53. The van der Waals surface area contributed by atoms with E-state index in [1.807, 2.05) is 42.6 Å². The topological polar surface area (TPSA) is 74.9 Å². The fraction of sp³-hybridized carbons (Fsp3) is 0.227. The average molecular weight is 393 g/mol. The van der Waals surface area contributed by atoms with E-state index in [0.717, 1.165) is 16.8 Å². The van der Waals surface area contributed by atoms with E-state index in [2.05, 4.69) is 10.1 Å². The third-order valence-corrected chi connectivity index (χ3v) is 4.39. The Morgan fingerprint density at radius 2 is 1.86 bits per heavy atom. The maximum Gasteiger partial charge on any atom is 0.187 e. The van der Waals surface area contributed by atoms with Crippen molar-refractivity contribution < 1.29 is 19.0 Å². The van der Waals surface area contributed by atoms with Crippen molar-refractivity contribution in [2.24, 2.45) is 4.99 Å². The highest BCUT2D eigenvalue weighted by Gasteiger charge is 2.19. The molecule has 0 amide bonds. The van der Waals surface area contributed by atoms with Crippen molar-refractivity contribution in [3.05, 3.63) is 72.1 Å². The molecule has 1 heterocycles. The number of hydrogen-bond donors (Lipinski definition) is 0. The summed E-state index contributed by atoms with van der Waals surface area (Å²) in [5.74, 6) is 1.12. The molecule has 1 atom stereocenters. The molecule has 0 bridgehead atoms. The molecule has 7 heteroatoms. The number of hydrogen-bond acceptors (Lipinski definition) is 6. The zero-order valence-corrected chi connectivity index (χ0v) is 16.6. The number of nitrogens with zero attached hydrogens (tertiary/aromatic N) is 3. The van der Waals surface area contributed by atoms with Crippen molar-refractivity contribution >= 4 is 12.0 Å². The number of rotatable bonds is 9. The number of Topliss-reactive ketones (excluding diaryl/α,β-unsaturated/α-hetero) is 1. The maximum atomic E-state index is 12.6. The van der Waals surface area contributed by atoms with Crippen LogP contribution >= 0.6 is 0 Å². The van der Waals surface area contributed by atoms with Crippen LogP contribution in [0, 0.1) is 0 Å². The molecule has 0 radical (unpaired) electrons. The molecule has 2 aromatic carbocycles. The summed E-state index contributed by atoms with van der Waals surface area (Å²) in [6.45, 7) is 0.00770. The van der Waals surface area contributed by atoms with Gasteiger partial charge in [-0.1, -0.05) is 12.1 Å². The predicted octanol–water partition coefficient (Wildman–Crippen LogP) is 3.27. The van der Waals surface area contributed by atoms with Gasteiger partial charge in [-0.3, -0.25) is 9.79 Å². The van der Waals surface area contributed by atoms with Crippen molar-refractivity contribution in [3.8, 4) is 17.2 Å². The molecule has 0 spiro atoms. The van der Waals surface area contributed by atoms with Crippen molar-refractivity contribution in [3.63, 3.8) is 0 Å². The third kappa shape index (κ3) is 4.89. The Hall–Kier alpha value is -3.45. The monoisotopic (exact) mass is 393 g/mol. The van der Waals surface area contributed by atoms with Gasteiger partial charge in [0.05, 0.1) is 19.9 Å². The van der Waals surface area contributed by atoms with Crippen LogP contribution in [0.3, 0.4) is 0 Å². The first kappa shape index (κ1) is 20.3. The number of methoxy groups -OCH3 is 3. The summed E-state index contributed by atoms with van der Waals surface area (Å²) in [7, 11) is 4.67. The molecule has 0 aliphatic rings. The average Bonchev–Trinajstić information content (AvgIpc) is 3.29. The number of benzene rings is 2. The first-order chi connectivity index (χ1) is 14.2. The summed E-state index contributed by atoms with van der Waals surface area (Å²) in [5, 5.41) is 4.19. The lowest BCUT2D eigenvalue weighted by atomic mass is 10.0. The van der Waals surface area contributed by atoms with Gasteiger partial charge in [0.2, 0.25) is 0 Å². The molecule has 29 heavy (non-hydrogen) atoms. The maximum absolute atomic E-state index is 12.6. The van der Waals surface area contributed by atoms with Crippen LogP contribution in [0.1, 0.15) is 17.2 Å². The Labute approximate surface area is 169 Å². The molecule has 0 saturated heterocycles. The molecular formula is C22H23N3O4. The van der Waals surface area contributed by atoms with E-state index in [9.17, 15) is 4.79 Å². The van der Waals surface area contributed by atoms with Crippen LogP contribution in [-0.2, 0) is 9.53 Å². The van der Waals surface area contributed by atoms with E-state index < -0.39 is 6.10 Å². The molecule has 150 valence electrons. The molecular weight excluding hydrogens is 370 g/mol. The van der Waals surface area contributed by atoms with E-state index >= 15 is 0 Å². The Morgan fingerprint density at radius 3 is 2.48 bits per heavy atom. The van der Waals surface area contributed by atoms with Crippen LogP contribution in [0.15, 0.2) is 65.9 Å². The van der Waals surface area contributed by atoms with E-state index in [4.69, 9.17) is 14.2 Å². The van der Waals surface area contributed by atoms with Crippen LogP contribution < -0.4 is 9.47 Å². The Morgan fingerprint density at radius 1 is 1.10 bits per heavy atom. The molecule has 7 nitrogen and oxygen atoms in total. The second-order valence-corrected chi connectivity index (χ2v) is 6.21. The van der Waals surface area contributed by atoms with Crippen molar-refractivity contribution in [2.45, 2.75) is 6.10 Å². The van der Waals surface area contributed by atoms with Crippen LogP contribution in [0.4, 0.5) is 0 Å². The van der Waals surface area contributed by atoms with Crippen molar-refractivity contribution in [1.82, 2.24) is 9.78 Å². The molecule has 0 saturated carbocycles. The quantitative estimate of drug-likeness (QED) is 0.522. The smallest absolute Gasteiger partial charge is 0.187 e. The van der Waals surface area contributed by atoms with Gasteiger partial charge in [-0.15, -0.1) is 0 Å². The van der Waals surface area contributed by atoms with E-state index in [1.54, 1.807) is 43.4 Å². The van der Waals surface area contributed by atoms with Gasteiger partial charge in [0.25, 0.3) is 0 Å². The molecule has 0 fully saturated rings. The largest absolute Gasteiger partial charge is 0.493 e. The summed E-state index contributed by atoms with van der Waals surface area (Å²) in [5.41, 5.74) is 2.50. The molecule has 0 aliphatic heterocycles. The second kappa shape index (κ2) is 9.66. The highest BCUT2D eigenvalue weighted by molar-refractivity contribution is 5.89. The van der Waals surface area contributed by atoms with Gasteiger partial charge in [0.15, 0.2) is 17.3 Å². The van der Waals surface area contributed by atoms with Crippen LogP contribution in [0.2, 0.25) is 0 Å². The highest BCUT2D eigenvalue weighted by Crippen LogP contribution is 2.27. The lowest BCUT2D eigenvalue weighted by Crippen LogP contribution is -2.17. The van der Waals surface area contributed by atoms with E-state index in [0.29, 0.717) is 11.5 Å². The zero-order valence-electron chi connectivity index (χ0n) is 16.6. The lowest BCUT2D eigenvalue weighted by molar-refractivity contribution is -0.127. The predicted molar refractivity (Wildman–Crippen MR) is 110 cm³/mol. The SMILES string of the molecule is COc1ccc(C=NCC(=O)C(OC)c2ccc(-n3cccn3)cc2)cc1OC. The van der Waals surface area contributed by atoms with E-state index in [-0.39, 0.29) is 12.3 Å². The minimum atomic E-state index is -0.677. The van der Waals surface area contributed by atoms with Crippen molar-refractivity contribution in [2.75, 3.05) is 27.9 Å². The number of aliphatic imine (C=N–C) groups is 1. The Bertz CT molecular complexity index is 966. The summed E-state index contributed by atoms with van der Waals surface area (Å²) in [4.78, 5) is 16.9. The minimum absolute atomic E-state index is 0.00770. The molecule has 1 unspecified atom stereocenters. The first-order valence-electron chi connectivity index (χ1n) is 9.03. The van der Waals surface area contributed by atoms with E-state index in [1.165, 1.54) is 7.11 Å². The number of aromatic nitrogens is 2. The highest BCUT2D eigenvalue weighted by atomic mass is 16.5. The van der Waals surface area contributed by atoms with Gasteiger partial charge in [-0.2, -0.15) is 5.10 Å². The summed E-state index contributed by atoms with van der Waals surface area (Å²) >= 11 is 0. The molecule has 0 aliphatic carbocycles. The number of ether oxygens (including phenoxy) is 3. The first-order valence-corrected chi connectivity index (χ1v) is 9.03. The molecule has 3 rings (SSSR count). The van der Waals surface area contributed by atoms with Gasteiger partial charge in [-0.25, -0.2) is 4.68 Å². The van der Waals surface area contributed by atoms with Gasteiger partial charge < -0.3 is 14.2 Å². The van der Waals surface area contributed by atoms with Gasteiger partial charge in [0, 0.05) is 25.7 Å². The number of carbonyl (C=O) groups excluding carboxylic acids is 1. The lowest BCUT2D eigenvalue weighted by Gasteiger charge is -2.14. The van der Waals surface area contributed by atoms with Crippen LogP contribution in [-0.4, -0.2) is 49.7 Å². The summed E-state index contributed by atoms with van der Waals surface area (Å²) in [6, 6.07) is 14.8. The third-order valence-electron chi connectivity index (χ3n) is 4.39. The Kier molecular flexibility index (Phi) is 6.76.